The first-order chi connectivity index (χ1) is 13.1. The third-order valence-electron chi connectivity index (χ3n) is 4.98. The predicted octanol–water partition coefficient (Wildman–Crippen LogP) is 3.26. The largest absolute Gasteiger partial charge is 0.394 e. The number of nitriles is 1. The van der Waals surface area contributed by atoms with Gasteiger partial charge in [0.25, 0.3) is 0 Å². The third-order valence-corrected chi connectivity index (χ3v) is 4.98. The van der Waals surface area contributed by atoms with Crippen molar-refractivity contribution in [2.75, 3.05) is 13.2 Å². The fourth-order valence-corrected chi connectivity index (χ4v) is 3.70. The van der Waals surface area contributed by atoms with Crippen molar-refractivity contribution in [3.8, 4) is 17.2 Å². The van der Waals surface area contributed by atoms with Gasteiger partial charge in [-0.3, -0.25) is 0 Å². The van der Waals surface area contributed by atoms with Crippen LogP contribution < -0.4 is 5.32 Å². The van der Waals surface area contributed by atoms with E-state index in [2.05, 4.69) is 11.4 Å². The Morgan fingerprint density at radius 2 is 1.89 bits per heavy atom. The number of nitrogens with zero attached hydrogens (tertiary/aromatic N) is 2. The van der Waals surface area contributed by atoms with Crippen LogP contribution in [0.2, 0.25) is 0 Å². The van der Waals surface area contributed by atoms with Crippen LogP contribution in [0.4, 0.5) is 9.18 Å². The monoisotopic (exact) mass is 367 g/mol. The molecule has 2 aromatic rings. The van der Waals surface area contributed by atoms with E-state index in [1.54, 1.807) is 24.3 Å². The summed E-state index contributed by atoms with van der Waals surface area (Å²) in [6.07, 6.45) is 0.778. The molecule has 1 aliphatic heterocycles. The highest BCUT2D eigenvalue weighted by Crippen LogP contribution is 2.44. The smallest absolute Gasteiger partial charge is 0.318 e. The van der Waals surface area contributed by atoms with Crippen LogP contribution in [0.15, 0.2) is 48.5 Å². The van der Waals surface area contributed by atoms with Gasteiger partial charge in [-0.2, -0.15) is 5.26 Å². The van der Waals surface area contributed by atoms with Crippen LogP contribution in [0.1, 0.15) is 24.8 Å². The van der Waals surface area contributed by atoms with E-state index in [1.165, 1.54) is 11.0 Å². The topological polar surface area (TPSA) is 76.4 Å². The molecule has 0 aromatic heterocycles. The second kappa shape index (κ2) is 8.19. The van der Waals surface area contributed by atoms with Crippen LogP contribution in [0.25, 0.3) is 11.1 Å². The number of carbonyl (C=O) groups is 1. The lowest BCUT2D eigenvalue weighted by atomic mass is 9.73. The minimum absolute atomic E-state index is 0.270. The molecule has 2 amide bonds. The zero-order valence-corrected chi connectivity index (χ0v) is 15.1. The maximum atomic E-state index is 14.4. The summed E-state index contributed by atoms with van der Waals surface area (Å²) < 4.78 is 14.4. The molecule has 0 saturated carbocycles. The highest BCUT2D eigenvalue weighted by atomic mass is 19.1. The first kappa shape index (κ1) is 18.9. The molecule has 27 heavy (non-hydrogen) atoms. The Bertz CT molecular complexity index is 865. The predicted molar refractivity (Wildman–Crippen MR) is 100 cm³/mol. The molecular weight excluding hydrogens is 345 g/mol. The van der Waals surface area contributed by atoms with E-state index in [0.717, 1.165) is 12.0 Å². The van der Waals surface area contributed by atoms with Crippen LogP contribution in [0.5, 0.6) is 0 Å². The molecule has 0 spiro atoms. The summed E-state index contributed by atoms with van der Waals surface area (Å²) in [5.41, 5.74) is 1.87. The van der Waals surface area contributed by atoms with Gasteiger partial charge in [-0.25, -0.2) is 9.18 Å². The highest BCUT2D eigenvalue weighted by molar-refractivity contribution is 5.78. The molecule has 2 N–H and O–H groups in total. The van der Waals surface area contributed by atoms with Crippen molar-refractivity contribution in [2.24, 2.45) is 0 Å². The molecule has 3 atom stereocenters. The summed E-state index contributed by atoms with van der Waals surface area (Å²) in [4.78, 5) is 13.8. The Hall–Kier alpha value is -2.91. The van der Waals surface area contributed by atoms with Crippen molar-refractivity contribution >= 4 is 6.03 Å². The lowest BCUT2D eigenvalue weighted by molar-refractivity contribution is 0.0171. The maximum Gasteiger partial charge on any atom is 0.318 e. The quantitative estimate of drug-likeness (QED) is 0.852. The molecule has 0 unspecified atom stereocenters. The maximum absolute atomic E-state index is 14.4. The molecular formula is C21H22FN3O2. The number of hydrogen-bond donors (Lipinski definition) is 2. The van der Waals surface area contributed by atoms with E-state index in [9.17, 15) is 19.6 Å². The second-order valence-electron chi connectivity index (χ2n) is 6.56. The van der Waals surface area contributed by atoms with Crippen molar-refractivity contribution in [2.45, 2.75) is 31.3 Å². The standard InChI is InChI=1S/C21H22FN3O2/c1-2-11-24-21(27)25-18(12-23)20(19(25)13-26)16-9-4-3-7-14(16)15-8-5-6-10-17(15)22/h3-10,18-20,26H,2,11,13H2,1H3,(H,24,27)/t18-,19+,20+/m0/s1. The van der Waals surface area contributed by atoms with E-state index in [-0.39, 0.29) is 24.4 Å². The third kappa shape index (κ3) is 3.38. The van der Waals surface area contributed by atoms with Gasteiger partial charge in [-0.15, -0.1) is 0 Å². The average Bonchev–Trinajstić information content (AvgIpc) is 2.67. The summed E-state index contributed by atoms with van der Waals surface area (Å²) in [6.45, 7) is 2.17. The summed E-state index contributed by atoms with van der Waals surface area (Å²) in [6, 6.07) is 14.3. The van der Waals surface area contributed by atoms with E-state index in [0.29, 0.717) is 17.7 Å². The summed E-state index contributed by atoms with van der Waals surface area (Å²) in [5.74, 6) is -0.737. The summed E-state index contributed by atoms with van der Waals surface area (Å²) >= 11 is 0. The Morgan fingerprint density at radius 3 is 2.52 bits per heavy atom. The van der Waals surface area contributed by atoms with E-state index >= 15 is 0 Å². The molecule has 1 heterocycles. The molecule has 5 nitrogen and oxygen atoms in total. The lowest BCUT2D eigenvalue weighted by Crippen LogP contribution is -2.67. The Labute approximate surface area is 158 Å². The molecule has 1 saturated heterocycles. The fourth-order valence-electron chi connectivity index (χ4n) is 3.70. The lowest BCUT2D eigenvalue weighted by Gasteiger charge is -2.51. The summed E-state index contributed by atoms with van der Waals surface area (Å²) in [5, 5.41) is 22.3. The number of rotatable bonds is 5. The molecule has 3 rings (SSSR count). The SMILES string of the molecule is CCCNC(=O)N1[C@H](CO)[C@H](c2ccccc2-c2ccccc2F)[C@@H]1C#N. The molecule has 1 fully saturated rings. The Balaban J connectivity index is 1.99. The second-order valence-corrected chi connectivity index (χ2v) is 6.56. The minimum atomic E-state index is -0.716. The Kier molecular flexibility index (Phi) is 5.72. The van der Waals surface area contributed by atoms with Crippen molar-refractivity contribution in [3.05, 3.63) is 59.9 Å². The average molecular weight is 367 g/mol. The number of likely N-dealkylation sites (tertiary alicyclic amines) is 1. The first-order valence-electron chi connectivity index (χ1n) is 9.04. The van der Waals surface area contributed by atoms with Gasteiger partial charge in [0.15, 0.2) is 0 Å². The number of hydrogen-bond acceptors (Lipinski definition) is 3. The molecule has 0 aliphatic carbocycles. The molecule has 6 heteroatoms. The van der Waals surface area contributed by atoms with Crippen LogP contribution >= 0.6 is 0 Å². The number of aliphatic hydroxyl groups excluding tert-OH is 1. The fraction of sp³-hybridized carbons (Fsp3) is 0.333. The van der Waals surface area contributed by atoms with Crippen LogP contribution in [0, 0.1) is 17.1 Å². The number of nitrogens with one attached hydrogen (secondary N) is 1. The van der Waals surface area contributed by atoms with E-state index in [1.807, 2.05) is 25.1 Å². The highest BCUT2D eigenvalue weighted by Gasteiger charge is 2.52. The van der Waals surface area contributed by atoms with Crippen molar-refractivity contribution in [3.63, 3.8) is 0 Å². The van der Waals surface area contributed by atoms with Gasteiger partial charge < -0.3 is 15.3 Å². The van der Waals surface area contributed by atoms with Crippen molar-refractivity contribution in [1.82, 2.24) is 10.2 Å². The van der Waals surface area contributed by atoms with Gasteiger partial charge in [0.1, 0.15) is 11.9 Å². The molecule has 2 aromatic carbocycles. The van der Waals surface area contributed by atoms with Gasteiger partial charge in [-0.1, -0.05) is 49.4 Å². The van der Waals surface area contributed by atoms with Crippen LogP contribution in [-0.2, 0) is 0 Å². The zero-order valence-electron chi connectivity index (χ0n) is 15.1. The van der Waals surface area contributed by atoms with Crippen LogP contribution in [0.3, 0.4) is 0 Å². The normalized spacial score (nSPS) is 21.3. The molecule has 0 bridgehead atoms. The van der Waals surface area contributed by atoms with Gasteiger partial charge in [0.2, 0.25) is 0 Å². The molecule has 0 radical (unpaired) electrons. The summed E-state index contributed by atoms with van der Waals surface area (Å²) in [7, 11) is 0. The number of urea groups is 1. The van der Waals surface area contributed by atoms with E-state index < -0.39 is 12.1 Å². The zero-order chi connectivity index (χ0) is 19.4. The first-order valence-corrected chi connectivity index (χ1v) is 9.04. The van der Waals surface area contributed by atoms with Crippen molar-refractivity contribution < 1.29 is 14.3 Å². The number of benzene rings is 2. The van der Waals surface area contributed by atoms with Gasteiger partial charge >= 0.3 is 6.03 Å². The van der Waals surface area contributed by atoms with Crippen LogP contribution in [-0.4, -0.2) is 41.3 Å². The van der Waals surface area contributed by atoms with Gasteiger partial charge in [-0.05, 0) is 23.6 Å². The van der Waals surface area contributed by atoms with Gasteiger partial charge in [0, 0.05) is 18.0 Å². The number of halogens is 1. The molecule has 140 valence electrons. The minimum Gasteiger partial charge on any atom is -0.394 e. The van der Waals surface area contributed by atoms with Crippen molar-refractivity contribution in [1.29, 1.82) is 5.26 Å². The number of aliphatic hydroxyl groups is 1. The van der Waals surface area contributed by atoms with E-state index in [4.69, 9.17) is 0 Å². The number of amides is 2. The molecule has 1 aliphatic rings. The van der Waals surface area contributed by atoms with Gasteiger partial charge in [0.05, 0.1) is 18.7 Å². The number of carbonyl (C=O) groups excluding carboxylic acids is 1. The Morgan fingerprint density at radius 1 is 1.22 bits per heavy atom.